The van der Waals surface area contributed by atoms with E-state index >= 15 is 0 Å². The third-order valence-electron chi connectivity index (χ3n) is 2.40. The zero-order valence-electron chi connectivity index (χ0n) is 9.83. The topological polar surface area (TPSA) is 104 Å². The van der Waals surface area contributed by atoms with Crippen LogP contribution in [0, 0.1) is 6.92 Å². The van der Waals surface area contributed by atoms with E-state index in [-0.39, 0.29) is 11.3 Å². The van der Waals surface area contributed by atoms with Crippen LogP contribution < -0.4 is 4.72 Å². The molecule has 100 valence electrons. The molecule has 0 spiro atoms. The number of aryl methyl sites for hydroxylation is 1. The molecule has 3 N–H and O–H groups in total. The van der Waals surface area contributed by atoms with Crippen LogP contribution in [-0.2, 0) is 14.8 Å². The third kappa shape index (κ3) is 3.52. The Balaban J connectivity index is 3.01. The van der Waals surface area contributed by atoms with E-state index in [4.69, 9.17) is 10.2 Å². The highest BCUT2D eigenvalue weighted by atomic mass is 32.2. The standard InChI is InChI=1S/C11H15NO5S/c1-8-4-2-3-5-10(8)18(16,17)12-9(6-7-13)11(14)15/h2-5,9,12-13H,6-7H2,1H3,(H,14,15)/t9-/m0/s1. The Morgan fingerprint density at radius 2 is 2.00 bits per heavy atom. The van der Waals surface area contributed by atoms with E-state index in [2.05, 4.69) is 4.72 Å². The van der Waals surface area contributed by atoms with Gasteiger partial charge in [-0.3, -0.25) is 4.79 Å². The van der Waals surface area contributed by atoms with Crippen molar-refractivity contribution in [1.82, 2.24) is 4.72 Å². The van der Waals surface area contributed by atoms with Crippen LogP contribution in [-0.4, -0.2) is 37.2 Å². The second-order valence-corrected chi connectivity index (χ2v) is 5.47. The van der Waals surface area contributed by atoms with Gasteiger partial charge in [-0.2, -0.15) is 4.72 Å². The first-order valence-corrected chi connectivity index (χ1v) is 6.78. The Morgan fingerprint density at radius 3 is 2.50 bits per heavy atom. The monoisotopic (exact) mass is 273 g/mol. The summed E-state index contributed by atoms with van der Waals surface area (Å²) >= 11 is 0. The minimum absolute atomic E-state index is 0.0363. The lowest BCUT2D eigenvalue weighted by molar-refractivity contribution is -0.139. The summed E-state index contributed by atoms with van der Waals surface area (Å²) < 4.78 is 26.0. The van der Waals surface area contributed by atoms with Crippen molar-refractivity contribution in [2.24, 2.45) is 0 Å². The molecule has 0 unspecified atom stereocenters. The fourth-order valence-electron chi connectivity index (χ4n) is 1.47. The van der Waals surface area contributed by atoms with Crippen molar-refractivity contribution in [1.29, 1.82) is 0 Å². The summed E-state index contributed by atoms with van der Waals surface area (Å²) in [5.41, 5.74) is 0.526. The molecule has 1 aromatic carbocycles. The quantitative estimate of drug-likeness (QED) is 0.682. The molecule has 0 heterocycles. The van der Waals surface area contributed by atoms with Crippen molar-refractivity contribution in [3.05, 3.63) is 29.8 Å². The normalized spacial score (nSPS) is 13.2. The molecular weight excluding hydrogens is 258 g/mol. The number of aliphatic hydroxyl groups is 1. The molecule has 0 radical (unpaired) electrons. The first-order valence-electron chi connectivity index (χ1n) is 5.30. The summed E-state index contributed by atoms with van der Waals surface area (Å²) in [4.78, 5) is 10.9. The molecule has 0 bridgehead atoms. The van der Waals surface area contributed by atoms with Crippen molar-refractivity contribution < 1.29 is 23.4 Å². The number of aliphatic hydroxyl groups excluding tert-OH is 1. The van der Waals surface area contributed by atoms with E-state index in [1.807, 2.05) is 0 Å². The number of hydrogen-bond acceptors (Lipinski definition) is 4. The number of rotatable bonds is 6. The van der Waals surface area contributed by atoms with Gasteiger partial charge in [0.2, 0.25) is 10.0 Å². The number of hydrogen-bond donors (Lipinski definition) is 3. The summed E-state index contributed by atoms with van der Waals surface area (Å²) in [6.45, 7) is 1.21. The predicted octanol–water partition coefficient (Wildman–Crippen LogP) is 0.109. The Kier molecular flexibility index (Phi) is 4.83. The smallest absolute Gasteiger partial charge is 0.321 e. The number of benzene rings is 1. The largest absolute Gasteiger partial charge is 0.480 e. The maximum Gasteiger partial charge on any atom is 0.321 e. The highest BCUT2D eigenvalue weighted by molar-refractivity contribution is 7.89. The van der Waals surface area contributed by atoms with Gasteiger partial charge in [0, 0.05) is 6.61 Å². The van der Waals surface area contributed by atoms with Crippen molar-refractivity contribution in [3.8, 4) is 0 Å². The zero-order valence-corrected chi connectivity index (χ0v) is 10.6. The number of nitrogens with one attached hydrogen (secondary N) is 1. The van der Waals surface area contributed by atoms with Gasteiger partial charge in [-0.25, -0.2) is 8.42 Å². The molecule has 0 amide bonds. The Morgan fingerprint density at radius 1 is 1.39 bits per heavy atom. The lowest BCUT2D eigenvalue weighted by Gasteiger charge is -2.14. The number of sulfonamides is 1. The van der Waals surface area contributed by atoms with Gasteiger partial charge >= 0.3 is 5.97 Å². The first-order chi connectivity index (χ1) is 8.38. The van der Waals surface area contributed by atoms with Gasteiger partial charge in [-0.15, -0.1) is 0 Å². The Bertz CT molecular complexity index is 526. The molecule has 1 atom stereocenters. The van der Waals surface area contributed by atoms with Crippen LogP contribution in [0.1, 0.15) is 12.0 Å². The van der Waals surface area contributed by atoms with Crippen LogP contribution in [0.3, 0.4) is 0 Å². The molecule has 7 heteroatoms. The minimum atomic E-state index is -3.90. The van der Waals surface area contributed by atoms with Crippen LogP contribution >= 0.6 is 0 Å². The molecule has 0 aliphatic heterocycles. The molecule has 0 saturated carbocycles. The Hall–Kier alpha value is -1.44. The lowest BCUT2D eigenvalue weighted by atomic mass is 10.2. The second kappa shape index (κ2) is 5.94. The van der Waals surface area contributed by atoms with E-state index in [0.717, 1.165) is 0 Å². The van der Waals surface area contributed by atoms with E-state index in [0.29, 0.717) is 5.56 Å². The van der Waals surface area contributed by atoms with Crippen LogP contribution in [0.25, 0.3) is 0 Å². The second-order valence-electron chi connectivity index (χ2n) is 3.79. The number of carboxylic acids is 1. The van der Waals surface area contributed by atoms with Crippen molar-refractivity contribution in [3.63, 3.8) is 0 Å². The molecule has 0 aliphatic carbocycles. The zero-order chi connectivity index (χ0) is 13.8. The van der Waals surface area contributed by atoms with Crippen molar-refractivity contribution in [2.75, 3.05) is 6.61 Å². The van der Waals surface area contributed by atoms with Crippen molar-refractivity contribution in [2.45, 2.75) is 24.3 Å². The molecular formula is C11H15NO5S. The first kappa shape index (κ1) is 14.6. The van der Waals surface area contributed by atoms with Gasteiger partial charge in [-0.1, -0.05) is 18.2 Å². The van der Waals surface area contributed by atoms with Crippen LogP contribution in [0.15, 0.2) is 29.2 Å². The van der Waals surface area contributed by atoms with Crippen LogP contribution in [0.5, 0.6) is 0 Å². The summed E-state index contributed by atoms with van der Waals surface area (Å²) in [6.07, 6.45) is -0.180. The summed E-state index contributed by atoms with van der Waals surface area (Å²) in [7, 11) is -3.90. The fourth-order valence-corrected chi connectivity index (χ4v) is 2.94. The Labute approximate surface area is 105 Å². The summed E-state index contributed by atoms with van der Waals surface area (Å²) in [5.74, 6) is -1.32. The third-order valence-corrected chi connectivity index (χ3v) is 4.03. The highest BCUT2D eigenvalue weighted by Crippen LogP contribution is 2.14. The van der Waals surface area contributed by atoms with Crippen LogP contribution in [0.2, 0.25) is 0 Å². The molecule has 0 fully saturated rings. The molecule has 1 rings (SSSR count). The molecule has 0 aliphatic rings. The van der Waals surface area contributed by atoms with Gasteiger partial charge < -0.3 is 10.2 Å². The molecule has 6 nitrogen and oxygen atoms in total. The number of carbonyl (C=O) groups is 1. The molecule has 18 heavy (non-hydrogen) atoms. The summed E-state index contributed by atoms with van der Waals surface area (Å²) in [6, 6.07) is 4.94. The predicted molar refractivity (Wildman–Crippen MR) is 64.6 cm³/mol. The van der Waals surface area contributed by atoms with Gasteiger partial charge in [-0.05, 0) is 25.0 Å². The van der Waals surface area contributed by atoms with Gasteiger partial charge in [0.25, 0.3) is 0 Å². The molecule has 1 aromatic rings. The maximum atomic E-state index is 12.0. The number of aliphatic carboxylic acids is 1. The SMILES string of the molecule is Cc1ccccc1S(=O)(=O)N[C@@H](CCO)C(=O)O. The molecule has 0 saturated heterocycles. The minimum Gasteiger partial charge on any atom is -0.480 e. The van der Waals surface area contributed by atoms with E-state index in [9.17, 15) is 13.2 Å². The van der Waals surface area contributed by atoms with E-state index in [1.165, 1.54) is 6.07 Å². The molecule has 0 aromatic heterocycles. The van der Waals surface area contributed by atoms with Gasteiger partial charge in [0.15, 0.2) is 0 Å². The lowest BCUT2D eigenvalue weighted by Crippen LogP contribution is -2.41. The van der Waals surface area contributed by atoms with E-state index < -0.39 is 28.6 Å². The number of carboxylic acid groups (broad SMARTS) is 1. The van der Waals surface area contributed by atoms with Crippen molar-refractivity contribution >= 4 is 16.0 Å². The highest BCUT2D eigenvalue weighted by Gasteiger charge is 2.25. The van der Waals surface area contributed by atoms with Crippen LogP contribution in [0.4, 0.5) is 0 Å². The average Bonchev–Trinajstić information content (AvgIpc) is 2.28. The summed E-state index contributed by atoms with van der Waals surface area (Å²) in [5, 5.41) is 17.6. The van der Waals surface area contributed by atoms with E-state index in [1.54, 1.807) is 25.1 Å². The fraction of sp³-hybridized carbons (Fsp3) is 0.364. The van der Waals surface area contributed by atoms with Gasteiger partial charge in [0.1, 0.15) is 6.04 Å². The maximum absolute atomic E-state index is 12.0. The van der Waals surface area contributed by atoms with Gasteiger partial charge in [0.05, 0.1) is 4.90 Å². The average molecular weight is 273 g/mol.